The molecule has 0 saturated carbocycles. The van der Waals surface area contributed by atoms with Gasteiger partial charge in [0.15, 0.2) is 0 Å². The number of likely N-dealkylation sites (tertiary alicyclic amines) is 2. The zero-order valence-corrected chi connectivity index (χ0v) is 14.9. The molecule has 2 fully saturated rings. The number of carbonyl (C=O) groups excluding carboxylic acids is 2. The second-order valence-corrected chi connectivity index (χ2v) is 7.38. The third-order valence-electron chi connectivity index (χ3n) is 4.91. The van der Waals surface area contributed by atoms with E-state index in [0.717, 1.165) is 45.4 Å². The molecule has 0 aromatic rings. The van der Waals surface area contributed by atoms with Crippen LogP contribution in [-0.2, 0) is 9.59 Å². The number of carbonyl (C=O) groups is 2. The van der Waals surface area contributed by atoms with Gasteiger partial charge in [-0.3, -0.25) is 9.59 Å². The van der Waals surface area contributed by atoms with E-state index in [9.17, 15) is 9.59 Å². The quantitative estimate of drug-likeness (QED) is 0.780. The lowest BCUT2D eigenvalue weighted by molar-refractivity contribution is -0.143. The summed E-state index contributed by atoms with van der Waals surface area (Å²) in [4.78, 5) is 29.1. The molecule has 0 aliphatic carbocycles. The van der Waals surface area contributed by atoms with Crippen LogP contribution in [0.4, 0.5) is 0 Å². The van der Waals surface area contributed by atoms with Crippen LogP contribution >= 0.6 is 0 Å². The molecule has 23 heavy (non-hydrogen) atoms. The zero-order valence-electron chi connectivity index (χ0n) is 14.9. The molecule has 2 amide bonds. The van der Waals surface area contributed by atoms with Gasteiger partial charge in [0, 0.05) is 26.1 Å². The topological polar surface area (TPSA) is 52.7 Å². The van der Waals surface area contributed by atoms with Crippen LogP contribution in [0.1, 0.15) is 58.8 Å². The van der Waals surface area contributed by atoms with E-state index in [4.69, 9.17) is 0 Å². The van der Waals surface area contributed by atoms with Gasteiger partial charge in [0.05, 0.1) is 0 Å². The Morgan fingerprint density at radius 1 is 1.09 bits per heavy atom. The molecule has 2 aliphatic heterocycles. The third-order valence-corrected chi connectivity index (χ3v) is 4.91. The second-order valence-electron chi connectivity index (χ2n) is 7.38. The van der Waals surface area contributed by atoms with Crippen LogP contribution in [0.3, 0.4) is 0 Å². The van der Waals surface area contributed by atoms with Crippen LogP contribution in [0.2, 0.25) is 0 Å². The molecule has 0 aromatic carbocycles. The van der Waals surface area contributed by atoms with E-state index in [2.05, 4.69) is 24.1 Å². The van der Waals surface area contributed by atoms with E-state index in [0.29, 0.717) is 18.9 Å². The van der Waals surface area contributed by atoms with Crippen molar-refractivity contribution >= 4 is 11.8 Å². The van der Waals surface area contributed by atoms with Gasteiger partial charge in [-0.2, -0.15) is 0 Å². The van der Waals surface area contributed by atoms with Crippen LogP contribution in [-0.4, -0.2) is 60.4 Å². The predicted octanol–water partition coefficient (Wildman–Crippen LogP) is 2.02. The van der Waals surface area contributed by atoms with Gasteiger partial charge in [-0.25, -0.2) is 0 Å². The fourth-order valence-corrected chi connectivity index (χ4v) is 3.62. The van der Waals surface area contributed by atoms with Crippen molar-refractivity contribution in [2.75, 3.05) is 32.7 Å². The van der Waals surface area contributed by atoms with E-state index >= 15 is 0 Å². The Bertz CT molecular complexity index is 392. The van der Waals surface area contributed by atoms with E-state index < -0.39 is 0 Å². The average molecular weight is 323 g/mol. The van der Waals surface area contributed by atoms with E-state index in [1.807, 2.05) is 4.90 Å². The number of nitrogens with one attached hydrogen (secondary N) is 1. The zero-order chi connectivity index (χ0) is 16.7. The van der Waals surface area contributed by atoms with Gasteiger partial charge in [0.1, 0.15) is 6.04 Å². The largest absolute Gasteiger partial charge is 0.353 e. The molecular weight excluding hydrogens is 290 g/mol. The number of hydrogen-bond acceptors (Lipinski definition) is 3. The van der Waals surface area contributed by atoms with Crippen LogP contribution in [0, 0.1) is 5.92 Å². The van der Waals surface area contributed by atoms with E-state index in [-0.39, 0.29) is 17.9 Å². The lowest BCUT2D eigenvalue weighted by atomic mass is 9.98. The number of hydrogen-bond donors (Lipinski definition) is 1. The molecule has 1 N–H and O–H groups in total. The molecule has 5 nitrogen and oxygen atoms in total. The summed E-state index contributed by atoms with van der Waals surface area (Å²) in [6.45, 7) is 8.87. The van der Waals surface area contributed by atoms with E-state index in [1.165, 1.54) is 19.3 Å². The number of piperidine rings is 2. The van der Waals surface area contributed by atoms with Gasteiger partial charge in [-0.1, -0.05) is 20.3 Å². The second kappa shape index (κ2) is 9.26. The van der Waals surface area contributed by atoms with Crippen LogP contribution in [0.25, 0.3) is 0 Å². The van der Waals surface area contributed by atoms with Crippen molar-refractivity contribution < 1.29 is 9.59 Å². The lowest BCUT2D eigenvalue weighted by Crippen LogP contribution is -2.52. The first-order chi connectivity index (χ1) is 11.1. The van der Waals surface area contributed by atoms with Crippen molar-refractivity contribution in [2.45, 2.75) is 64.8 Å². The summed E-state index contributed by atoms with van der Waals surface area (Å²) in [5, 5.41) is 3.08. The molecule has 2 heterocycles. The molecular formula is C18H33N3O2. The highest BCUT2D eigenvalue weighted by molar-refractivity contribution is 5.88. The number of nitrogens with zero attached hydrogens (tertiary/aromatic N) is 2. The number of amides is 2. The molecule has 0 radical (unpaired) electrons. The molecule has 132 valence electrons. The smallest absolute Gasteiger partial charge is 0.242 e. The first kappa shape index (κ1) is 18.2. The maximum absolute atomic E-state index is 12.6. The van der Waals surface area contributed by atoms with Gasteiger partial charge < -0.3 is 15.1 Å². The molecule has 1 unspecified atom stereocenters. The Balaban J connectivity index is 1.84. The van der Waals surface area contributed by atoms with Crippen molar-refractivity contribution in [3.8, 4) is 0 Å². The monoisotopic (exact) mass is 323 g/mol. The van der Waals surface area contributed by atoms with Crippen molar-refractivity contribution in [2.24, 2.45) is 5.92 Å². The molecule has 2 saturated heterocycles. The fourth-order valence-electron chi connectivity index (χ4n) is 3.62. The van der Waals surface area contributed by atoms with Gasteiger partial charge in [0.2, 0.25) is 11.8 Å². The van der Waals surface area contributed by atoms with Crippen LogP contribution in [0.5, 0.6) is 0 Å². The normalized spacial score (nSPS) is 21.5. The maximum atomic E-state index is 12.6. The van der Waals surface area contributed by atoms with Crippen LogP contribution in [0.15, 0.2) is 0 Å². The van der Waals surface area contributed by atoms with Gasteiger partial charge in [-0.15, -0.1) is 0 Å². The average Bonchev–Trinajstić information content (AvgIpc) is 2.54. The molecule has 0 spiro atoms. The summed E-state index contributed by atoms with van der Waals surface area (Å²) in [7, 11) is 0. The van der Waals surface area contributed by atoms with Crippen molar-refractivity contribution in [1.29, 1.82) is 0 Å². The van der Waals surface area contributed by atoms with Gasteiger partial charge >= 0.3 is 0 Å². The summed E-state index contributed by atoms with van der Waals surface area (Å²) in [6.07, 6.45) is 7.19. The molecule has 0 bridgehead atoms. The van der Waals surface area contributed by atoms with Crippen molar-refractivity contribution in [3.05, 3.63) is 0 Å². The minimum Gasteiger partial charge on any atom is -0.353 e. The first-order valence-electron chi connectivity index (χ1n) is 9.37. The van der Waals surface area contributed by atoms with Crippen LogP contribution < -0.4 is 5.32 Å². The van der Waals surface area contributed by atoms with Crippen molar-refractivity contribution in [3.63, 3.8) is 0 Å². The highest BCUT2D eigenvalue weighted by Gasteiger charge is 2.31. The number of rotatable bonds is 7. The molecule has 2 aliphatic rings. The highest BCUT2D eigenvalue weighted by atomic mass is 16.2. The Hall–Kier alpha value is -1.10. The molecule has 0 aromatic heterocycles. The first-order valence-corrected chi connectivity index (χ1v) is 9.37. The summed E-state index contributed by atoms with van der Waals surface area (Å²) in [5.74, 6) is 0.585. The molecule has 2 rings (SSSR count). The van der Waals surface area contributed by atoms with Crippen molar-refractivity contribution in [1.82, 2.24) is 15.1 Å². The SMILES string of the molecule is CC(C)CC(C(=O)NCCN1CCCCC1)N1CCCCC1=O. The lowest BCUT2D eigenvalue weighted by Gasteiger charge is -2.35. The standard InChI is InChI=1S/C18H33N3O2/c1-15(2)14-16(21-12-7-4-8-17(21)22)18(23)19-9-13-20-10-5-3-6-11-20/h15-16H,3-14H2,1-2H3,(H,19,23). The Labute approximate surface area is 140 Å². The molecule has 1 atom stereocenters. The Morgan fingerprint density at radius 2 is 1.78 bits per heavy atom. The van der Waals surface area contributed by atoms with E-state index in [1.54, 1.807) is 0 Å². The van der Waals surface area contributed by atoms with Gasteiger partial charge in [-0.05, 0) is 51.1 Å². The third kappa shape index (κ3) is 5.79. The summed E-state index contributed by atoms with van der Waals surface area (Å²) in [6, 6.07) is -0.288. The summed E-state index contributed by atoms with van der Waals surface area (Å²) >= 11 is 0. The predicted molar refractivity (Wildman–Crippen MR) is 92.1 cm³/mol. The minimum atomic E-state index is -0.288. The summed E-state index contributed by atoms with van der Waals surface area (Å²) < 4.78 is 0. The molecule has 5 heteroatoms. The summed E-state index contributed by atoms with van der Waals surface area (Å²) in [5.41, 5.74) is 0. The maximum Gasteiger partial charge on any atom is 0.242 e. The van der Waals surface area contributed by atoms with Gasteiger partial charge in [0.25, 0.3) is 0 Å². The fraction of sp³-hybridized carbons (Fsp3) is 0.889. The Morgan fingerprint density at radius 3 is 2.43 bits per heavy atom. The highest BCUT2D eigenvalue weighted by Crippen LogP contribution is 2.19. The minimum absolute atomic E-state index is 0.0333. The Kier molecular flexibility index (Phi) is 7.34.